The maximum atomic E-state index is 13.0. The van der Waals surface area contributed by atoms with Crippen LogP contribution in [0.2, 0.25) is 5.02 Å². The van der Waals surface area contributed by atoms with Gasteiger partial charge in [0.25, 0.3) is 0 Å². The fourth-order valence-corrected chi connectivity index (χ4v) is 1.80. The lowest BCUT2D eigenvalue weighted by molar-refractivity contribution is 0.521. The maximum Gasteiger partial charge on any atom is 0.141 e. The van der Waals surface area contributed by atoms with Crippen molar-refractivity contribution in [2.24, 2.45) is 0 Å². The Morgan fingerprint density at radius 2 is 2.20 bits per heavy atom. The molecule has 1 N–H and O–H groups in total. The monoisotopic (exact) mass is 229 g/mol. The standard InChI is InChI=1S/C12H17ClFN/c1-3-4-5-12(15-2)9-6-7-11(14)10(13)8-9/h6-8,12,15H,3-5H2,1-2H3. The number of nitrogens with one attached hydrogen (secondary N) is 1. The Bertz CT molecular complexity index is 314. The second kappa shape index (κ2) is 6.09. The summed E-state index contributed by atoms with van der Waals surface area (Å²) < 4.78 is 13.0. The zero-order valence-electron chi connectivity index (χ0n) is 9.19. The molecule has 0 radical (unpaired) electrons. The van der Waals surface area contributed by atoms with E-state index in [1.165, 1.54) is 6.07 Å². The van der Waals surface area contributed by atoms with Gasteiger partial charge in [-0.15, -0.1) is 0 Å². The van der Waals surface area contributed by atoms with Crippen LogP contribution in [0.1, 0.15) is 37.8 Å². The first kappa shape index (κ1) is 12.5. The van der Waals surface area contributed by atoms with Crippen molar-refractivity contribution in [1.29, 1.82) is 0 Å². The molecule has 1 aromatic carbocycles. The quantitative estimate of drug-likeness (QED) is 0.807. The average molecular weight is 230 g/mol. The molecule has 0 aliphatic rings. The first-order valence-electron chi connectivity index (χ1n) is 5.31. The summed E-state index contributed by atoms with van der Waals surface area (Å²) in [5.41, 5.74) is 1.05. The van der Waals surface area contributed by atoms with Crippen molar-refractivity contribution in [3.05, 3.63) is 34.6 Å². The first-order chi connectivity index (χ1) is 7.19. The fourth-order valence-electron chi connectivity index (χ4n) is 1.62. The van der Waals surface area contributed by atoms with Gasteiger partial charge in [0.15, 0.2) is 0 Å². The molecule has 0 fully saturated rings. The molecule has 0 aliphatic carbocycles. The molecule has 0 saturated heterocycles. The van der Waals surface area contributed by atoms with Gasteiger partial charge in [-0.3, -0.25) is 0 Å². The summed E-state index contributed by atoms with van der Waals surface area (Å²) >= 11 is 5.75. The third-order valence-corrected chi connectivity index (χ3v) is 2.83. The molecule has 0 saturated carbocycles. The summed E-state index contributed by atoms with van der Waals surface area (Å²) in [6, 6.07) is 5.18. The SMILES string of the molecule is CCCCC(NC)c1ccc(F)c(Cl)c1. The van der Waals surface area contributed by atoms with E-state index in [0.29, 0.717) is 0 Å². The van der Waals surface area contributed by atoms with Gasteiger partial charge in [0.05, 0.1) is 5.02 Å². The zero-order valence-corrected chi connectivity index (χ0v) is 9.94. The van der Waals surface area contributed by atoms with E-state index in [9.17, 15) is 4.39 Å². The highest BCUT2D eigenvalue weighted by Crippen LogP contribution is 2.23. The molecule has 1 rings (SSSR count). The van der Waals surface area contributed by atoms with Crippen molar-refractivity contribution in [3.63, 3.8) is 0 Å². The van der Waals surface area contributed by atoms with Crippen LogP contribution in [0.15, 0.2) is 18.2 Å². The van der Waals surface area contributed by atoms with E-state index in [1.807, 2.05) is 7.05 Å². The van der Waals surface area contributed by atoms with Crippen molar-refractivity contribution in [3.8, 4) is 0 Å². The lowest BCUT2D eigenvalue weighted by Gasteiger charge is -2.16. The Kier molecular flexibility index (Phi) is 5.06. The summed E-state index contributed by atoms with van der Waals surface area (Å²) in [5, 5.41) is 3.42. The zero-order chi connectivity index (χ0) is 11.3. The molecule has 3 heteroatoms. The predicted octanol–water partition coefficient (Wildman–Crippen LogP) is 3.93. The summed E-state index contributed by atoms with van der Waals surface area (Å²) in [4.78, 5) is 0. The minimum Gasteiger partial charge on any atom is -0.313 e. The lowest BCUT2D eigenvalue weighted by Crippen LogP contribution is -2.16. The molecule has 1 atom stereocenters. The van der Waals surface area contributed by atoms with Crippen molar-refractivity contribution >= 4 is 11.6 Å². The lowest BCUT2D eigenvalue weighted by atomic mass is 10.0. The van der Waals surface area contributed by atoms with Gasteiger partial charge >= 0.3 is 0 Å². The summed E-state index contributed by atoms with van der Waals surface area (Å²) in [5.74, 6) is -0.356. The van der Waals surface area contributed by atoms with Gasteiger partial charge in [-0.05, 0) is 31.2 Å². The van der Waals surface area contributed by atoms with Crippen molar-refractivity contribution in [1.82, 2.24) is 5.32 Å². The number of hydrogen-bond donors (Lipinski definition) is 1. The number of hydrogen-bond acceptors (Lipinski definition) is 1. The highest BCUT2D eigenvalue weighted by atomic mass is 35.5. The van der Waals surface area contributed by atoms with Crippen LogP contribution < -0.4 is 5.32 Å². The molecule has 1 nitrogen and oxygen atoms in total. The van der Waals surface area contributed by atoms with Gasteiger partial charge in [0, 0.05) is 6.04 Å². The Labute approximate surface area is 95.6 Å². The largest absolute Gasteiger partial charge is 0.313 e. The molecular weight excluding hydrogens is 213 g/mol. The first-order valence-corrected chi connectivity index (χ1v) is 5.69. The molecule has 1 unspecified atom stereocenters. The molecule has 0 aliphatic heterocycles. The molecular formula is C12H17ClFN. The minimum atomic E-state index is -0.356. The third kappa shape index (κ3) is 3.47. The highest BCUT2D eigenvalue weighted by molar-refractivity contribution is 6.30. The van der Waals surface area contributed by atoms with E-state index in [-0.39, 0.29) is 16.9 Å². The number of rotatable bonds is 5. The molecule has 0 bridgehead atoms. The van der Waals surface area contributed by atoms with Crippen LogP contribution >= 0.6 is 11.6 Å². The van der Waals surface area contributed by atoms with Gasteiger partial charge in [0.1, 0.15) is 5.82 Å². The maximum absolute atomic E-state index is 13.0. The summed E-state index contributed by atoms with van der Waals surface area (Å²) in [6.45, 7) is 2.16. The van der Waals surface area contributed by atoms with Crippen LogP contribution in [0.5, 0.6) is 0 Å². The van der Waals surface area contributed by atoms with Crippen molar-refractivity contribution in [2.45, 2.75) is 32.2 Å². The van der Waals surface area contributed by atoms with Crippen LogP contribution in [-0.4, -0.2) is 7.05 Å². The number of halogens is 2. The molecule has 1 aromatic rings. The minimum absolute atomic E-state index is 0.198. The van der Waals surface area contributed by atoms with E-state index >= 15 is 0 Å². The van der Waals surface area contributed by atoms with Crippen LogP contribution in [0.3, 0.4) is 0 Å². The normalized spacial score (nSPS) is 12.8. The van der Waals surface area contributed by atoms with E-state index in [4.69, 9.17) is 11.6 Å². The number of benzene rings is 1. The molecule has 0 spiro atoms. The Morgan fingerprint density at radius 3 is 2.73 bits per heavy atom. The van der Waals surface area contributed by atoms with Gasteiger partial charge in [-0.2, -0.15) is 0 Å². The van der Waals surface area contributed by atoms with Gasteiger partial charge in [-0.1, -0.05) is 37.4 Å². The van der Waals surface area contributed by atoms with Crippen molar-refractivity contribution < 1.29 is 4.39 Å². The Balaban J connectivity index is 2.78. The summed E-state index contributed by atoms with van der Waals surface area (Å²) in [6.07, 6.45) is 3.36. The van der Waals surface area contributed by atoms with Crippen molar-refractivity contribution in [2.75, 3.05) is 7.05 Å². The van der Waals surface area contributed by atoms with Crippen LogP contribution in [0, 0.1) is 5.82 Å². The molecule has 0 heterocycles. The second-order valence-electron chi connectivity index (χ2n) is 3.66. The summed E-state index contributed by atoms with van der Waals surface area (Å²) in [7, 11) is 1.91. The molecule has 15 heavy (non-hydrogen) atoms. The van der Waals surface area contributed by atoms with E-state index in [0.717, 1.165) is 24.8 Å². The fraction of sp³-hybridized carbons (Fsp3) is 0.500. The van der Waals surface area contributed by atoms with Crippen LogP contribution in [0.4, 0.5) is 4.39 Å². The highest BCUT2D eigenvalue weighted by Gasteiger charge is 2.10. The predicted molar refractivity (Wildman–Crippen MR) is 62.7 cm³/mol. The van der Waals surface area contributed by atoms with Crippen LogP contribution in [-0.2, 0) is 0 Å². The number of unbranched alkanes of at least 4 members (excludes halogenated alkanes) is 1. The second-order valence-corrected chi connectivity index (χ2v) is 4.06. The molecule has 0 aromatic heterocycles. The molecule has 0 amide bonds. The van der Waals surface area contributed by atoms with E-state index in [1.54, 1.807) is 12.1 Å². The van der Waals surface area contributed by atoms with Gasteiger partial charge in [-0.25, -0.2) is 4.39 Å². The van der Waals surface area contributed by atoms with Crippen LogP contribution in [0.25, 0.3) is 0 Å². The molecule has 84 valence electrons. The topological polar surface area (TPSA) is 12.0 Å². The smallest absolute Gasteiger partial charge is 0.141 e. The Morgan fingerprint density at radius 1 is 1.47 bits per heavy atom. The van der Waals surface area contributed by atoms with Gasteiger partial charge in [0.2, 0.25) is 0 Å². The Hall–Kier alpha value is -0.600. The van der Waals surface area contributed by atoms with Gasteiger partial charge < -0.3 is 5.32 Å². The average Bonchev–Trinajstić information content (AvgIpc) is 2.24. The van der Waals surface area contributed by atoms with E-state index < -0.39 is 0 Å². The third-order valence-electron chi connectivity index (χ3n) is 2.54. The van der Waals surface area contributed by atoms with E-state index in [2.05, 4.69) is 12.2 Å².